The Labute approximate surface area is 140 Å². The largest absolute Gasteiger partial charge is 0.322 e. The monoisotopic (exact) mass is 337 g/mol. The van der Waals surface area contributed by atoms with Gasteiger partial charge in [0.25, 0.3) is 5.91 Å². The molecule has 1 aromatic carbocycles. The van der Waals surface area contributed by atoms with Crippen molar-refractivity contribution in [3.63, 3.8) is 0 Å². The number of Topliss-reactive ketones (excluding diaryl/α,β-unsaturated/α-hetero) is 1. The highest BCUT2D eigenvalue weighted by Crippen LogP contribution is 2.32. The van der Waals surface area contributed by atoms with Crippen LogP contribution >= 0.6 is 11.3 Å². The second kappa shape index (κ2) is 5.54. The number of hydrogen-bond donors (Lipinski definition) is 1. The van der Waals surface area contributed by atoms with Gasteiger partial charge in [-0.1, -0.05) is 18.2 Å². The van der Waals surface area contributed by atoms with E-state index >= 15 is 0 Å². The van der Waals surface area contributed by atoms with E-state index in [0.29, 0.717) is 0 Å². The number of aromatic nitrogens is 2. The fraction of sp³-hybridized carbons (Fsp3) is 0.0588. The number of para-hydroxylation sites is 1. The first-order valence-electron chi connectivity index (χ1n) is 7.22. The Morgan fingerprint density at radius 3 is 2.79 bits per heavy atom. The number of carbonyl (C=O) groups excluding carboxylic acids is 3. The van der Waals surface area contributed by atoms with Gasteiger partial charge in [-0.15, -0.1) is 11.3 Å². The number of nitrogens with zero attached hydrogens (tertiary/aromatic N) is 2. The molecular formula is C17H11N3O3S. The molecule has 7 heteroatoms. The van der Waals surface area contributed by atoms with Crippen LogP contribution in [0.15, 0.2) is 47.6 Å². The summed E-state index contributed by atoms with van der Waals surface area (Å²) in [6.45, 7) is 0. The van der Waals surface area contributed by atoms with Gasteiger partial charge in [-0.2, -0.15) is 0 Å². The average molecular weight is 337 g/mol. The molecule has 0 aliphatic carbocycles. The van der Waals surface area contributed by atoms with Crippen LogP contribution in [0.1, 0.15) is 6.42 Å². The molecule has 1 N–H and O–H groups in total. The smallest absolute Gasteiger partial charge is 0.262 e. The van der Waals surface area contributed by atoms with Gasteiger partial charge in [0, 0.05) is 34.9 Å². The molecule has 0 saturated carbocycles. The predicted molar refractivity (Wildman–Crippen MR) is 90.1 cm³/mol. The normalized spacial score (nSPS) is 16.8. The molecule has 24 heavy (non-hydrogen) atoms. The minimum Gasteiger partial charge on any atom is -0.322 e. The van der Waals surface area contributed by atoms with Gasteiger partial charge in [-0.25, -0.2) is 4.98 Å². The molecule has 0 bridgehead atoms. The lowest BCUT2D eigenvalue weighted by Gasteiger charge is -2.12. The van der Waals surface area contributed by atoms with Crippen LogP contribution in [-0.2, 0) is 14.4 Å². The maximum Gasteiger partial charge on any atom is 0.262 e. The molecule has 3 heterocycles. The summed E-state index contributed by atoms with van der Waals surface area (Å²) in [7, 11) is 0. The summed E-state index contributed by atoms with van der Waals surface area (Å²) in [6, 6.07) is 7.68. The lowest BCUT2D eigenvalue weighted by molar-refractivity contribution is -0.134. The Morgan fingerprint density at radius 2 is 2.04 bits per heavy atom. The number of piperidine rings is 1. The zero-order valence-electron chi connectivity index (χ0n) is 12.4. The minimum absolute atomic E-state index is 0.0268. The van der Waals surface area contributed by atoms with Crippen molar-refractivity contribution in [1.29, 1.82) is 0 Å². The van der Waals surface area contributed by atoms with Gasteiger partial charge >= 0.3 is 0 Å². The molecule has 2 amide bonds. The standard InChI is InChI=1S/C17H11N3O3S/c21-14-7-15(22)19-16(23)12(14)9-20-8-11(17-18-5-6-24-17)10-3-1-2-4-13(10)20/h1-6,8-9H,7H2,(H,19,22,23)/b12-9+. The van der Waals surface area contributed by atoms with Crippen molar-refractivity contribution in [2.75, 3.05) is 0 Å². The van der Waals surface area contributed by atoms with Crippen molar-refractivity contribution >= 4 is 46.0 Å². The minimum atomic E-state index is -0.662. The van der Waals surface area contributed by atoms with Crippen molar-refractivity contribution in [2.24, 2.45) is 0 Å². The molecule has 4 rings (SSSR count). The van der Waals surface area contributed by atoms with Crippen LogP contribution in [0.5, 0.6) is 0 Å². The zero-order valence-corrected chi connectivity index (χ0v) is 13.2. The van der Waals surface area contributed by atoms with Crippen molar-refractivity contribution in [3.05, 3.63) is 47.6 Å². The molecule has 118 valence electrons. The zero-order chi connectivity index (χ0) is 16.7. The van der Waals surface area contributed by atoms with E-state index in [2.05, 4.69) is 10.3 Å². The van der Waals surface area contributed by atoms with Gasteiger partial charge in [-0.3, -0.25) is 19.7 Å². The topological polar surface area (TPSA) is 81.1 Å². The Balaban J connectivity index is 1.89. The first-order valence-corrected chi connectivity index (χ1v) is 8.10. The van der Waals surface area contributed by atoms with Gasteiger partial charge in [0.15, 0.2) is 5.78 Å². The number of carbonyl (C=O) groups is 3. The number of nitrogens with one attached hydrogen (secondary N) is 1. The summed E-state index contributed by atoms with van der Waals surface area (Å²) in [5, 5.41) is 5.90. The molecule has 6 nitrogen and oxygen atoms in total. The molecule has 1 saturated heterocycles. The number of thiazole rings is 1. The molecule has 1 aliphatic heterocycles. The van der Waals surface area contributed by atoms with E-state index in [-0.39, 0.29) is 12.0 Å². The molecule has 0 atom stereocenters. The van der Waals surface area contributed by atoms with E-state index in [9.17, 15) is 14.4 Å². The summed E-state index contributed by atoms with van der Waals surface area (Å²) in [5.74, 6) is -1.70. The maximum absolute atomic E-state index is 12.0. The lowest BCUT2D eigenvalue weighted by atomic mass is 10.0. The molecule has 3 aromatic rings. The van der Waals surface area contributed by atoms with Crippen LogP contribution in [0.3, 0.4) is 0 Å². The van der Waals surface area contributed by atoms with Crippen LogP contribution in [-0.4, -0.2) is 27.1 Å². The molecule has 2 aromatic heterocycles. The SMILES string of the molecule is O=C1CC(=O)/C(=C\n2cc(-c3nccs3)c3ccccc32)C(=O)N1. The highest BCUT2D eigenvalue weighted by atomic mass is 32.1. The Kier molecular flexibility index (Phi) is 3.35. The van der Waals surface area contributed by atoms with E-state index < -0.39 is 17.6 Å². The first kappa shape index (κ1) is 14.5. The number of ketones is 1. The number of imide groups is 1. The number of hydrogen-bond acceptors (Lipinski definition) is 5. The molecule has 0 unspecified atom stereocenters. The maximum atomic E-state index is 12.0. The van der Waals surface area contributed by atoms with E-state index in [1.165, 1.54) is 17.5 Å². The summed E-state index contributed by atoms with van der Waals surface area (Å²) in [5.41, 5.74) is 1.76. The molecular weight excluding hydrogens is 326 g/mol. The van der Waals surface area contributed by atoms with Crippen LogP contribution in [0.2, 0.25) is 0 Å². The molecule has 1 fully saturated rings. The Hall–Kier alpha value is -3.06. The Morgan fingerprint density at radius 1 is 1.21 bits per heavy atom. The summed E-state index contributed by atoms with van der Waals surface area (Å²) < 4.78 is 1.73. The first-order chi connectivity index (χ1) is 11.6. The molecule has 0 radical (unpaired) electrons. The number of fused-ring (bicyclic) bond motifs is 1. The van der Waals surface area contributed by atoms with Crippen LogP contribution < -0.4 is 5.32 Å². The third-order valence-corrected chi connectivity index (χ3v) is 4.60. The fourth-order valence-electron chi connectivity index (χ4n) is 2.71. The fourth-order valence-corrected chi connectivity index (χ4v) is 3.38. The van der Waals surface area contributed by atoms with Gasteiger partial charge in [0.2, 0.25) is 5.91 Å². The van der Waals surface area contributed by atoms with Crippen molar-refractivity contribution in [2.45, 2.75) is 6.42 Å². The van der Waals surface area contributed by atoms with Gasteiger partial charge < -0.3 is 4.57 Å². The van der Waals surface area contributed by atoms with Crippen LogP contribution in [0.25, 0.3) is 27.7 Å². The van der Waals surface area contributed by atoms with Gasteiger partial charge in [-0.05, 0) is 6.07 Å². The summed E-state index contributed by atoms with van der Waals surface area (Å²) in [6.07, 6.45) is 4.74. The highest BCUT2D eigenvalue weighted by Gasteiger charge is 2.28. The quantitative estimate of drug-likeness (QED) is 0.336. The highest BCUT2D eigenvalue weighted by molar-refractivity contribution is 7.13. The molecule has 1 aliphatic rings. The number of benzene rings is 1. The average Bonchev–Trinajstić information content (AvgIpc) is 3.19. The van der Waals surface area contributed by atoms with Gasteiger partial charge in [0.05, 0.1) is 17.5 Å². The number of amides is 2. The third kappa shape index (κ3) is 2.35. The van der Waals surface area contributed by atoms with E-state index in [1.807, 2.05) is 35.8 Å². The van der Waals surface area contributed by atoms with Crippen molar-refractivity contribution in [3.8, 4) is 10.6 Å². The second-order valence-corrected chi connectivity index (χ2v) is 6.22. The van der Waals surface area contributed by atoms with Crippen LogP contribution in [0, 0.1) is 0 Å². The van der Waals surface area contributed by atoms with E-state index in [4.69, 9.17) is 0 Å². The second-order valence-electron chi connectivity index (χ2n) is 5.32. The summed E-state index contributed by atoms with van der Waals surface area (Å²) in [4.78, 5) is 39.6. The lowest BCUT2D eigenvalue weighted by Crippen LogP contribution is -2.41. The summed E-state index contributed by atoms with van der Waals surface area (Å²) >= 11 is 1.52. The number of rotatable bonds is 2. The van der Waals surface area contributed by atoms with Gasteiger partial charge in [0.1, 0.15) is 5.01 Å². The van der Waals surface area contributed by atoms with E-state index in [0.717, 1.165) is 21.5 Å². The van der Waals surface area contributed by atoms with Crippen molar-refractivity contribution < 1.29 is 14.4 Å². The predicted octanol–water partition coefficient (Wildman–Crippen LogP) is 2.22. The van der Waals surface area contributed by atoms with E-state index in [1.54, 1.807) is 10.8 Å². The Bertz CT molecular complexity index is 993. The van der Waals surface area contributed by atoms with Crippen LogP contribution in [0.4, 0.5) is 0 Å². The van der Waals surface area contributed by atoms with Crippen molar-refractivity contribution in [1.82, 2.24) is 14.9 Å². The molecule has 0 spiro atoms. The third-order valence-electron chi connectivity index (χ3n) is 3.79.